The molecule has 4 rings (SSSR count). The summed E-state index contributed by atoms with van der Waals surface area (Å²) in [6.45, 7) is 2.40. The number of halogens is 2. The van der Waals surface area contributed by atoms with Crippen LogP contribution in [0.1, 0.15) is 18.7 Å². The quantitative estimate of drug-likeness (QED) is 0.725. The molecule has 0 fully saturated rings. The van der Waals surface area contributed by atoms with E-state index in [2.05, 4.69) is 10.2 Å². The minimum absolute atomic E-state index is 0.256. The van der Waals surface area contributed by atoms with Crippen molar-refractivity contribution in [3.05, 3.63) is 34.1 Å². The summed E-state index contributed by atoms with van der Waals surface area (Å²) in [6, 6.07) is 3.43. The largest absolute Gasteiger partial charge is 0.387 e. The molecule has 0 unspecified atom stereocenters. The van der Waals surface area contributed by atoms with Gasteiger partial charge in [-0.15, -0.1) is 0 Å². The zero-order chi connectivity index (χ0) is 18.6. The van der Waals surface area contributed by atoms with Gasteiger partial charge in [-0.05, 0) is 19.1 Å². The molecule has 3 heterocycles. The molecule has 1 N–H and O–H groups in total. The molecule has 1 aromatic carbocycles. The van der Waals surface area contributed by atoms with E-state index in [1.165, 1.54) is 0 Å². The predicted octanol–water partition coefficient (Wildman–Crippen LogP) is 2.64. The summed E-state index contributed by atoms with van der Waals surface area (Å²) in [6.07, 6.45) is 1.85. The van der Waals surface area contributed by atoms with E-state index in [4.69, 9.17) is 23.2 Å². The summed E-state index contributed by atoms with van der Waals surface area (Å²) in [5.41, 5.74) is 3.04. The number of rotatable bonds is 2. The number of aryl methyl sites for hydroxylation is 1. The second kappa shape index (κ2) is 6.26. The van der Waals surface area contributed by atoms with Gasteiger partial charge in [0.2, 0.25) is 5.91 Å². The molecule has 1 aliphatic rings. The highest BCUT2D eigenvalue weighted by molar-refractivity contribution is 6.45. The van der Waals surface area contributed by atoms with Crippen LogP contribution in [-0.2, 0) is 18.4 Å². The van der Waals surface area contributed by atoms with E-state index in [-0.39, 0.29) is 11.9 Å². The Hall–Kier alpha value is -2.09. The fourth-order valence-corrected chi connectivity index (χ4v) is 3.99. The van der Waals surface area contributed by atoms with Crippen LogP contribution >= 0.6 is 23.2 Å². The Morgan fingerprint density at radius 1 is 1.35 bits per heavy atom. The Bertz CT molecular complexity index is 1030. The Kier molecular flexibility index (Phi) is 4.17. The number of amides is 1. The van der Waals surface area contributed by atoms with Crippen molar-refractivity contribution in [3.8, 4) is 11.3 Å². The number of carbonyl (C=O) groups excluding carboxylic acids is 1. The highest BCUT2D eigenvalue weighted by Crippen LogP contribution is 2.42. The number of carbonyl (C=O) groups is 1. The first-order valence-electron chi connectivity index (χ1n) is 8.21. The summed E-state index contributed by atoms with van der Waals surface area (Å²) in [7, 11) is 1.84. The van der Waals surface area contributed by atoms with E-state index in [1.54, 1.807) is 15.6 Å². The van der Waals surface area contributed by atoms with Crippen LogP contribution in [0.3, 0.4) is 0 Å². The molecule has 9 heteroatoms. The van der Waals surface area contributed by atoms with Crippen LogP contribution < -0.4 is 0 Å². The molecular weight excluding hydrogens is 377 g/mol. The molecule has 1 amide bonds. The third kappa shape index (κ3) is 2.50. The normalized spacial score (nSPS) is 17.0. The van der Waals surface area contributed by atoms with Crippen LogP contribution in [0.4, 0.5) is 0 Å². The molecule has 0 bridgehead atoms. The standard InChI is InChI=1S/C17H17Cl2N5O2/c1-9-17-14-10(12-3-4-22(2)20-12)7-11(18)15(19)16(14)21-24(17)6-5-23(9)13(26)8-25/h3-4,7,9,25H,5-6,8H2,1-2H3/t9-/m0/s1. The lowest BCUT2D eigenvalue weighted by Crippen LogP contribution is -2.42. The van der Waals surface area contributed by atoms with E-state index in [9.17, 15) is 9.90 Å². The topological polar surface area (TPSA) is 76.2 Å². The molecular formula is C17H17Cl2N5O2. The first-order valence-corrected chi connectivity index (χ1v) is 8.96. The van der Waals surface area contributed by atoms with Gasteiger partial charge in [0.05, 0.1) is 34.0 Å². The number of aliphatic hydroxyl groups is 1. The smallest absolute Gasteiger partial charge is 0.248 e. The van der Waals surface area contributed by atoms with Gasteiger partial charge < -0.3 is 10.0 Å². The minimum atomic E-state index is -0.518. The van der Waals surface area contributed by atoms with E-state index < -0.39 is 6.61 Å². The SMILES string of the molecule is C[C@H]1c2c3c(-c4ccn(C)n4)cc(Cl)c(Cl)c3nn2CCN1C(=O)CO. The van der Waals surface area contributed by atoms with Gasteiger partial charge in [0.1, 0.15) is 12.1 Å². The third-order valence-electron chi connectivity index (χ3n) is 4.81. The molecule has 136 valence electrons. The number of fused-ring (bicyclic) bond motifs is 3. The van der Waals surface area contributed by atoms with Crippen molar-refractivity contribution in [1.82, 2.24) is 24.5 Å². The van der Waals surface area contributed by atoms with Crippen molar-refractivity contribution in [3.63, 3.8) is 0 Å². The first-order chi connectivity index (χ1) is 12.4. The van der Waals surface area contributed by atoms with E-state index in [0.717, 1.165) is 22.3 Å². The Labute approximate surface area is 159 Å². The Morgan fingerprint density at radius 2 is 2.12 bits per heavy atom. The van der Waals surface area contributed by atoms with Crippen LogP contribution in [0.15, 0.2) is 18.3 Å². The number of nitrogens with zero attached hydrogens (tertiary/aromatic N) is 5. The van der Waals surface area contributed by atoms with E-state index in [0.29, 0.717) is 28.7 Å². The minimum Gasteiger partial charge on any atom is -0.387 e. The zero-order valence-corrected chi connectivity index (χ0v) is 15.8. The van der Waals surface area contributed by atoms with E-state index >= 15 is 0 Å². The van der Waals surface area contributed by atoms with Crippen molar-refractivity contribution in [1.29, 1.82) is 0 Å². The molecule has 26 heavy (non-hydrogen) atoms. The monoisotopic (exact) mass is 393 g/mol. The number of benzene rings is 1. The maximum atomic E-state index is 12.1. The summed E-state index contributed by atoms with van der Waals surface area (Å²) in [5, 5.41) is 20.0. The van der Waals surface area contributed by atoms with Gasteiger partial charge in [0.15, 0.2) is 0 Å². The molecule has 0 spiro atoms. The number of hydrogen-bond donors (Lipinski definition) is 1. The van der Waals surface area contributed by atoms with Gasteiger partial charge in [0.25, 0.3) is 0 Å². The lowest BCUT2D eigenvalue weighted by molar-refractivity contribution is -0.137. The van der Waals surface area contributed by atoms with Crippen molar-refractivity contribution in [2.45, 2.75) is 19.5 Å². The van der Waals surface area contributed by atoms with Gasteiger partial charge in [-0.2, -0.15) is 10.2 Å². The molecule has 7 nitrogen and oxygen atoms in total. The van der Waals surface area contributed by atoms with Crippen LogP contribution in [0, 0.1) is 0 Å². The number of hydrogen-bond acceptors (Lipinski definition) is 4. The Morgan fingerprint density at radius 3 is 2.77 bits per heavy atom. The second-order valence-corrected chi connectivity index (χ2v) is 7.13. The molecule has 1 aliphatic heterocycles. The molecule has 0 radical (unpaired) electrons. The zero-order valence-electron chi connectivity index (χ0n) is 14.3. The fraction of sp³-hybridized carbons (Fsp3) is 0.353. The van der Waals surface area contributed by atoms with Crippen molar-refractivity contribution >= 4 is 40.0 Å². The van der Waals surface area contributed by atoms with Gasteiger partial charge in [-0.3, -0.25) is 14.2 Å². The summed E-state index contributed by atoms with van der Waals surface area (Å²) in [5.74, 6) is -0.308. The predicted molar refractivity (Wildman–Crippen MR) is 99.2 cm³/mol. The first kappa shape index (κ1) is 17.3. The molecule has 1 atom stereocenters. The maximum absolute atomic E-state index is 12.1. The summed E-state index contributed by atoms with van der Waals surface area (Å²) in [4.78, 5) is 13.8. The molecule has 0 aliphatic carbocycles. The molecule has 3 aromatic rings. The molecule has 2 aromatic heterocycles. The van der Waals surface area contributed by atoms with Crippen molar-refractivity contribution < 1.29 is 9.90 Å². The van der Waals surface area contributed by atoms with Crippen molar-refractivity contribution in [2.75, 3.05) is 13.2 Å². The fourth-order valence-electron chi connectivity index (χ4n) is 3.60. The number of aromatic nitrogens is 4. The lowest BCUT2D eigenvalue weighted by atomic mass is 10.00. The Balaban J connectivity index is 2.01. The van der Waals surface area contributed by atoms with Crippen LogP contribution in [0.2, 0.25) is 10.0 Å². The van der Waals surface area contributed by atoms with Gasteiger partial charge >= 0.3 is 0 Å². The van der Waals surface area contributed by atoms with Gasteiger partial charge in [-0.1, -0.05) is 23.2 Å². The summed E-state index contributed by atoms with van der Waals surface area (Å²) < 4.78 is 3.58. The van der Waals surface area contributed by atoms with Crippen LogP contribution in [0.25, 0.3) is 22.2 Å². The second-order valence-electron chi connectivity index (χ2n) is 6.35. The van der Waals surface area contributed by atoms with Crippen LogP contribution in [0.5, 0.6) is 0 Å². The summed E-state index contributed by atoms with van der Waals surface area (Å²) >= 11 is 12.8. The van der Waals surface area contributed by atoms with E-state index in [1.807, 2.05) is 30.9 Å². The van der Waals surface area contributed by atoms with Gasteiger partial charge in [-0.25, -0.2) is 0 Å². The maximum Gasteiger partial charge on any atom is 0.248 e. The third-order valence-corrected chi connectivity index (χ3v) is 5.59. The molecule has 0 saturated carbocycles. The highest BCUT2D eigenvalue weighted by atomic mass is 35.5. The molecule has 0 saturated heterocycles. The van der Waals surface area contributed by atoms with Crippen LogP contribution in [-0.4, -0.2) is 48.6 Å². The highest BCUT2D eigenvalue weighted by Gasteiger charge is 2.32. The average Bonchev–Trinajstić information content (AvgIpc) is 3.22. The average molecular weight is 394 g/mol. The van der Waals surface area contributed by atoms with Crippen molar-refractivity contribution in [2.24, 2.45) is 7.05 Å². The number of aliphatic hydroxyl groups excluding tert-OH is 1. The lowest BCUT2D eigenvalue weighted by Gasteiger charge is -2.34. The van der Waals surface area contributed by atoms with Gasteiger partial charge in [0, 0.05) is 30.7 Å².